The number of fused-ring (bicyclic) bond motifs is 1. The molecule has 0 amide bonds. The SMILES string of the molecule is C[C@H]1CCCN(c2ccc([C@H](C)NC(=S)Nc3ccc4c(c3)OCO4)cc2)C1. The van der Waals surface area contributed by atoms with Crippen molar-refractivity contribution in [2.45, 2.75) is 32.7 Å². The molecule has 0 saturated carbocycles. The predicted molar refractivity (Wildman–Crippen MR) is 117 cm³/mol. The minimum atomic E-state index is 0.114. The Kier molecular flexibility index (Phi) is 5.57. The molecule has 2 N–H and O–H groups in total. The second-order valence-corrected chi connectivity index (χ2v) is 8.08. The molecule has 1 fully saturated rings. The number of ether oxygens (including phenoxy) is 2. The number of anilines is 2. The van der Waals surface area contributed by atoms with E-state index in [9.17, 15) is 0 Å². The molecule has 0 spiro atoms. The zero-order chi connectivity index (χ0) is 19.5. The molecule has 0 radical (unpaired) electrons. The van der Waals surface area contributed by atoms with Crippen LogP contribution in [-0.4, -0.2) is 25.0 Å². The summed E-state index contributed by atoms with van der Waals surface area (Å²) in [4.78, 5) is 2.49. The van der Waals surface area contributed by atoms with E-state index in [-0.39, 0.29) is 12.8 Å². The van der Waals surface area contributed by atoms with Crippen molar-refractivity contribution in [3.8, 4) is 11.5 Å². The fraction of sp³-hybridized carbons (Fsp3) is 0.409. The molecule has 6 heteroatoms. The van der Waals surface area contributed by atoms with E-state index in [2.05, 4.69) is 53.6 Å². The van der Waals surface area contributed by atoms with E-state index >= 15 is 0 Å². The molecular weight excluding hydrogens is 370 g/mol. The zero-order valence-corrected chi connectivity index (χ0v) is 17.2. The van der Waals surface area contributed by atoms with Gasteiger partial charge in [0.2, 0.25) is 6.79 Å². The van der Waals surface area contributed by atoms with Crippen LogP contribution < -0.4 is 25.0 Å². The first-order chi connectivity index (χ1) is 13.6. The number of benzene rings is 2. The second-order valence-electron chi connectivity index (χ2n) is 7.67. The molecule has 0 aliphatic carbocycles. The summed E-state index contributed by atoms with van der Waals surface area (Å²) in [5.74, 6) is 2.28. The van der Waals surface area contributed by atoms with Gasteiger partial charge in [-0.3, -0.25) is 0 Å². The molecule has 0 bridgehead atoms. The number of thiocarbonyl (C=S) groups is 1. The van der Waals surface area contributed by atoms with Gasteiger partial charge in [0.15, 0.2) is 16.6 Å². The van der Waals surface area contributed by atoms with Crippen LogP contribution in [0.15, 0.2) is 42.5 Å². The Bertz CT molecular complexity index is 840. The lowest BCUT2D eigenvalue weighted by atomic mass is 9.99. The summed E-state index contributed by atoms with van der Waals surface area (Å²) in [7, 11) is 0. The highest BCUT2D eigenvalue weighted by Crippen LogP contribution is 2.34. The summed E-state index contributed by atoms with van der Waals surface area (Å²) in [6.07, 6.45) is 2.62. The average molecular weight is 398 g/mol. The van der Waals surface area contributed by atoms with Gasteiger partial charge in [0.1, 0.15) is 0 Å². The van der Waals surface area contributed by atoms with Crippen molar-refractivity contribution >= 4 is 28.7 Å². The number of hydrogen-bond acceptors (Lipinski definition) is 4. The second kappa shape index (κ2) is 8.27. The van der Waals surface area contributed by atoms with Crippen LogP contribution in [0, 0.1) is 5.92 Å². The van der Waals surface area contributed by atoms with Gasteiger partial charge in [0.05, 0.1) is 6.04 Å². The fourth-order valence-corrected chi connectivity index (χ4v) is 4.11. The Morgan fingerprint density at radius 1 is 1.14 bits per heavy atom. The molecule has 2 heterocycles. The molecule has 4 rings (SSSR count). The van der Waals surface area contributed by atoms with E-state index in [4.69, 9.17) is 21.7 Å². The molecule has 2 atom stereocenters. The Balaban J connectivity index is 1.34. The molecule has 5 nitrogen and oxygen atoms in total. The molecule has 148 valence electrons. The van der Waals surface area contributed by atoms with Crippen molar-refractivity contribution in [3.05, 3.63) is 48.0 Å². The minimum Gasteiger partial charge on any atom is -0.454 e. The smallest absolute Gasteiger partial charge is 0.231 e. The molecule has 1 saturated heterocycles. The molecule has 2 aliphatic rings. The maximum absolute atomic E-state index is 5.48. The number of nitrogens with one attached hydrogen (secondary N) is 2. The van der Waals surface area contributed by atoms with E-state index in [1.54, 1.807) is 0 Å². The number of nitrogens with zero attached hydrogens (tertiary/aromatic N) is 1. The first-order valence-corrected chi connectivity index (χ1v) is 10.3. The Hall–Kier alpha value is -2.47. The van der Waals surface area contributed by atoms with E-state index < -0.39 is 0 Å². The highest BCUT2D eigenvalue weighted by atomic mass is 32.1. The standard InChI is InChI=1S/C22H27N3O2S/c1-15-4-3-11-25(13-15)19-8-5-17(6-9-19)16(2)23-22(28)24-18-7-10-20-21(12-18)27-14-26-20/h5-10,12,15-16H,3-4,11,13-14H2,1-2H3,(H2,23,24,28)/t15-,16-/m0/s1. The summed E-state index contributed by atoms with van der Waals surface area (Å²) in [6, 6.07) is 14.7. The van der Waals surface area contributed by atoms with E-state index in [0.29, 0.717) is 5.11 Å². The lowest BCUT2D eigenvalue weighted by Gasteiger charge is -2.33. The molecule has 2 aromatic rings. The third-order valence-electron chi connectivity index (χ3n) is 5.39. The fourth-order valence-electron chi connectivity index (χ4n) is 3.82. The van der Waals surface area contributed by atoms with Gasteiger partial charge >= 0.3 is 0 Å². The minimum absolute atomic E-state index is 0.114. The number of rotatable bonds is 4. The lowest BCUT2D eigenvalue weighted by molar-refractivity contribution is 0.174. The predicted octanol–water partition coefficient (Wildman–Crippen LogP) is 4.70. The topological polar surface area (TPSA) is 45.8 Å². The average Bonchev–Trinajstić information content (AvgIpc) is 3.16. The van der Waals surface area contributed by atoms with Crippen LogP contribution in [0.1, 0.15) is 38.3 Å². The van der Waals surface area contributed by atoms with Crippen molar-refractivity contribution < 1.29 is 9.47 Å². The summed E-state index contributed by atoms with van der Waals surface area (Å²) in [5.41, 5.74) is 3.40. The highest BCUT2D eigenvalue weighted by molar-refractivity contribution is 7.80. The lowest BCUT2D eigenvalue weighted by Crippen LogP contribution is -2.34. The monoisotopic (exact) mass is 397 g/mol. The first-order valence-electron chi connectivity index (χ1n) is 9.90. The maximum Gasteiger partial charge on any atom is 0.231 e. The van der Waals surface area contributed by atoms with Crippen molar-refractivity contribution in [2.24, 2.45) is 5.92 Å². The molecule has 0 aromatic heterocycles. The van der Waals surface area contributed by atoms with Crippen LogP contribution in [0.25, 0.3) is 0 Å². The van der Waals surface area contributed by atoms with Gasteiger partial charge in [-0.15, -0.1) is 0 Å². The molecule has 2 aromatic carbocycles. The van der Waals surface area contributed by atoms with Gasteiger partial charge in [-0.05, 0) is 67.7 Å². The Labute approximate surface area is 172 Å². The highest BCUT2D eigenvalue weighted by Gasteiger charge is 2.17. The normalized spacial score (nSPS) is 19.2. The van der Waals surface area contributed by atoms with Crippen LogP contribution in [-0.2, 0) is 0 Å². The van der Waals surface area contributed by atoms with Crippen LogP contribution >= 0.6 is 12.2 Å². The van der Waals surface area contributed by atoms with Crippen molar-refractivity contribution in [2.75, 3.05) is 30.1 Å². The van der Waals surface area contributed by atoms with E-state index in [1.807, 2.05) is 18.2 Å². The maximum atomic E-state index is 5.48. The van der Waals surface area contributed by atoms with Gasteiger partial charge < -0.3 is 25.0 Å². The van der Waals surface area contributed by atoms with Crippen molar-refractivity contribution in [1.29, 1.82) is 0 Å². The largest absolute Gasteiger partial charge is 0.454 e. The number of piperidine rings is 1. The summed E-state index contributed by atoms with van der Waals surface area (Å²) in [5, 5.41) is 7.15. The van der Waals surface area contributed by atoms with E-state index in [0.717, 1.165) is 36.2 Å². The van der Waals surface area contributed by atoms with Gasteiger partial charge in [-0.25, -0.2) is 0 Å². The third kappa shape index (κ3) is 4.33. The van der Waals surface area contributed by atoms with Crippen LogP contribution in [0.2, 0.25) is 0 Å². The molecule has 28 heavy (non-hydrogen) atoms. The first kappa shape index (κ1) is 18.9. The summed E-state index contributed by atoms with van der Waals surface area (Å²) < 4.78 is 10.7. The van der Waals surface area contributed by atoms with Gasteiger partial charge in [0.25, 0.3) is 0 Å². The molecule has 2 aliphatic heterocycles. The Morgan fingerprint density at radius 2 is 1.93 bits per heavy atom. The molecule has 0 unspecified atom stereocenters. The van der Waals surface area contributed by atoms with Gasteiger partial charge in [-0.1, -0.05) is 19.1 Å². The van der Waals surface area contributed by atoms with Crippen LogP contribution in [0.3, 0.4) is 0 Å². The third-order valence-corrected chi connectivity index (χ3v) is 5.61. The summed E-state index contributed by atoms with van der Waals surface area (Å²) in [6.45, 7) is 7.02. The van der Waals surface area contributed by atoms with Gasteiger partial charge in [0, 0.05) is 30.5 Å². The van der Waals surface area contributed by atoms with Gasteiger partial charge in [-0.2, -0.15) is 0 Å². The van der Waals surface area contributed by atoms with Crippen LogP contribution in [0.4, 0.5) is 11.4 Å². The van der Waals surface area contributed by atoms with Crippen molar-refractivity contribution in [3.63, 3.8) is 0 Å². The summed E-state index contributed by atoms with van der Waals surface area (Å²) >= 11 is 5.48. The quantitative estimate of drug-likeness (QED) is 0.729. The number of hydrogen-bond donors (Lipinski definition) is 2. The zero-order valence-electron chi connectivity index (χ0n) is 16.4. The van der Waals surface area contributed by atoms with Crippen LogP contribution in [0.5, 0.6) is 11.5 Å². The van der Waals surface area contributed by atoms with Crippen molar-refractivity contribution in [1.82, 2.24) is 5.32 Å². The molecular formula is C22H27N3O2S. The van der Waals surface area contributed by atoms with E-state index in [1.165, 1.54) is 24.1 Å². The Morgan fingerprint density at radius 3 is 2.71 bits per heavy atom.